The molecule has 0 fully saturated rings. The number of nitrogens with zero attached hydrogens (tertiary/aromatic N) is 1. The lowest BCUT2D eigenvalue weighted by Crippen LogP contribution is -2.30. The smallest absolute Gasteiger partial charge is 0.144 e. The molecule has 2 aromatic heterocycles. The molecule has 4 aliphatic carbocycles. The van der Waals surface area contributed by atoms with E-state index in [-0.39, 0.29) is 5.41 Å². The first-order valence-corrected chi connectivity index (χ1v) is 33.4. The number of fused-ring (bicyclic) bond motifs is 22. The molecule has 0 amide bonds. The van der Waals surface area contributed by atoms with Crippen LogP contribution >= 0.6 is 0 Å². The first-order chi connectivity index (χ1) is 46.7. The van der Waals surface area contributed by atoms with Crippen LogP contribution in [0.25, 0.3) is 99.5 Å². The van der Waals surface area contributed by atoms with Gasteiger partial charge in [0.15, 0.2) is 0 Å². The minimum Gasteiger partial charge on any atom is -0.456 e. The van der Waals surface area contributed by atoms with Crippen LogP contribution < -0.4 is 4.90 Å². The van der Waals surface area contributed by atoms with Crippen LogP contribution in [0.4, 0.5) is 17.1 Å². The average molecular weight is 1210 g/mol. The Hall–Kier alpha value is -11.5. The molecular formula is C92H63NO2. The lowest BCUT2D eigenvalue weighted by molar-refractivity contribution is 0.600. The van der Waals surface area contributed by atoms with Gasteiger partial charge < -0.3 is 13.7 Å². The fraction of sp³-hybridized carbons (Fsp3) is 0.0870. The van der Waals surface area contributed by atoms with Gasteiger partial charge in [0.2, 0.25) is 0 Å². The highest BCUT2D eigenvalue weighted by atomic mass is 16.3. The predicted molar refractivity (Wildman–Crippen MR) is 391 cm³/mol. The molecule has 4 aliphatic rings. The van der Waals surface area contributed by atoms with Gasteiger partial charge in [0.25, 0.3) is 0 Å². The summed E-state index contributed by atoms with van der Waals surface area (Å²) in [7, 11) is 0. The Balaban J connectivity index is 0.873. The summed E-state index contributed by atoms with van der Waals surface area (Å²) in [5.41, 5.74) is 32.1. The number of furan rings is 2. The van der Waals surface area contributed by atoms with Gasteiger partial charge in [-0.2, -0.15) is 0 Å². The molecular weight excluding hydrogens is 1150 g/mol. The van der Waals surface area contributed by atoms with Gasteiger partial charge in [0.05, 0.1) is 16.5 Å². The molecule has 95 heavy (non-hydrogen) atoms. The Morgan fingerprint density at radius 3 is 1.37 bits per heavy atom. The van der Waals surface area contributed by atoms with Crippen molar-refractivity contribution in [3.8, 4) is 55.6 Å². The molecule has 16 aromatic rings. The Labute approximate surface area is 552 Å². The minimum atomic E-state index is -0.787. The molecule has 3 nitrogen and oxygen atoms in total. The van der Waals surface area contributed by atoms with Crippen molar-refractivity contribution in [1.82, 2.24) is 0 Å². The number of hydrogen-bond acceptors (Lipinski definition) is 3. The third-order valence-electron chi connectivity index (χ3n) is 22.3. The van der Waals surface area contributed by atoms with Crippen LogP contribution in [0.1, 0.15) is 94.5 Å². The van der Waals surface area contributed by atoms with Crippen molar-refractivity contribution in [2.24, 2.45) is 0 Å². The summed E-state index contributed by atoms with van der Waals surface area (Å²) < 4.78 is 14.1. The zero-order valence-corrected chi connectivity index (χ0v) is 53.2. The Morgan fingerprint density at radius 2 is 0.726 bits per heavy atom. The third kappa shape index (κ3) is 7.04. The van der Waals surface area contributed by atoms with Crippen LogP contribution in [-0.2, 0) is 21.7 Å². The SMILES string of the molecule is CC1(C)c2cc(N(c3ccc4c(c3)C(c3ccccc3)(c3ccccc3)c3cc5c(cc3-4)C(c3ccccc3)(c3ccccc3)c3ccc4oc6ccccc6c4c3-5)c3ccccc3-c3ccccc3)ccc2-c2c1c1c(c3c2oc2ccccc23)-c2ccccc2C1(C)C. The molecule has 3 heteroatoms. The Kier molecular flexibility index (Phi) is 11.1. The van der Waals surface area contributed by atoms with E-state index in [4.69, 9.17) is 8.83 Å². The molecule has 0 radical (unpaired) electrons. The van der Waals surface area contributed by atoms with Crippen LogP contribution in [0.15, 0.2) is 318 Å². The van der Waals surface area contributed by atoms with Crippen molar-refractivity contribution in [2.45, 2.75) is 49.4 Å². The summed E-state index contributed by atoms with van der Waals surface area (Å²) in [6.07, 6.45) is 0. The second kappa shape index (κ2) is 19.5. The first kappa shape index (κ1) is 54.1. The van der Waals surface area contributed by atoms with Gasteiger partial charge in [0.1, 0.15) is 22.3 Å². The summed E-state index contributed by atoms with van der Waals surface area (Å²) in [4.78, 5) is 2.56. The number of rotatable bonds is 8. The van der Waals surface area contributed by atoms with E-state index in [0.29, 0.717) is 0 Å². The fourth-order valence-corrected chi connectivity index (χ4v) is 18.5. The summed E-state index contributed by atoms with van der Waals surface area (Å²) in [6.45, 7) is 9.78. The zero-order chi connectivity index (χ0) is 63.1. The molecule has 2 heterocycles. The monoisotopic (exact) mass is 1210 g/mol. The van der Waals surface area contributed by atoms with Gasteiger partial charge in [-0.05, 0) is 172 Å². The average Bonchev–Trinajstić information content (AvgIpc) is 1.51. The summed E-state index contributed by atoms with van der Waals surface area (Å²) in [5, 5.41) is 4.63. The predicted octanol–water partition coefficient (Wildman–Crippen LogP) is 24.0. The molecule has 0 spiro atoms. The van der Waals surface area contributed by atoms with Crippen LogP contribution in [0.5, 0.6) is 0 Å². The molecule has 0 atom stereocenters. The van der Waals surface area contributed by atoms with E-state index in [1.807, 2.05) is 0 Å². The number of anilines is 3. The van der Waals surface area contributed by atoms with Crippen molar-refractivity contribution in [3.63, 3.8) is 0 Å². The maximum atomic E-state index is 7.21. The number of hydrogen-bond donors (Lipinski definition) is 0. The molecule has 0 N–H and O–H groups in total. The second-order valence-electron chi connectivity index (χ2n) is 27.6. The topological polar surface area (TPSA) is 29.5 Å². The normalized spacial score (nSPS) is 15.1. The summed E-state index contributed by atoms with van der Waals surface area (Å²) in [5.74, 6) is 0. The highest BCUT2D eigenvalue weighted by molar-refractivity contribution is 6.21. The lowest BCUT2D eigenvalue weighted by Gasteiger charge is -2.36. The van der Waals surface area contributed by atoms with E-state index < -0.39 is 16.2 Å². The third-order valence-corrected chi connectivity index (χ3v) is 22.3. The van der Waals surface area contributed by atoms with Gasteiger partial charge in [0, 0.05) is 54.9 Å². The van der Waals surface area contributed by atoms with Crippen LogP contribution in [-0.4, -0.2) is 0 Å². The van der Waals surface area contributed by atoms with Gasteiger partial charge in [-0.3, -0.25) is 0 Å². The highest BCUT2D eigenvalue weighted by Crippen LogP contribution is 2.67. The van der Waals surface area contributed by atoms with Crippen molar-refractivity contribution in [3.05, 3.63) is 376 Å². The highest BCUT2D eigenvalue weighted by Gasteiger charge is 2.53. The van der Waals surface area contributed by atoms with Crippen molar-refractivity contribution in [2.75, 3.05) is 4.90 Å². The van der Waals surface area contributed by atoms with E-state index >= 15 is 0 Å². The lowest BCUT2D eigenvalue weighted by atomic mass is 9.66. The molecule has 14 aromatic carbocycles. The van der Waals surface area contributed by atoms with Crippen molar-refractivity contribution < 1.29 is 8.83 Å². The standard InChI is InChI=1S/C92H63NO2/c1-89(2)71-42-24-20-39-65(71)83-84-68-41-23-27-45-79(68)95-88(84)85-66-49-47-61(52-73(66)90(3,4)87(85)86(83)89)93(77-43-25-21-38-63(77)56-28-10-5-11-29-56)62-46-48-64-69-54-76-70(55-75(69)92(74(64)53-62,59-34-16-8-17-35-59)60-36-18-9-19-37-60)81-72(50-51-80-82(81)67-40-22-26-44-78(67)94-80)91(76,57-30-12-6-13-31-57)58-32-14-7-15-33-58/h5-55H,1-4H3. The van der Waals surface area contributed by atoms with Gasteiger partial charge in [-0.15, -0.1) is 0 Å². The van der Waals surface area contributed by atoms with Crippen molar-refractivity contribution in [1.29, 1.82) is 0 Å². The van der Waals surface area contributed by atoms with Crippen molar-refractivity contribution >= 4 is 60.9 Å². The van der Waals surface area contributed by atoms with Gasteiger partial charge in [-0.1, -0.05) is 276 Å². The van der Waals surface area contributed by atoms with Gasteiger partial charge >= 0.3 is 0 Å². The van der Waals surface area contributed by atoms with E-state index in [1.165, 1.54) is 117 Å². The van der Waals surface area contributed by atoms with Crippen LogP contribution in [0.3, 0.4) is 0 Å². The van der Waals surface area contributed by atoms with E-state index in [1.54, 1.807) is 0 Å². The first-order valence-electron chi connectivity index (χ1n) is 33.4. The summed E-state index contributed by atoms with van der Waals surface area (Å²) >= 11 is 0. The molecule has 0 saturated heterocycles. The molecule has 0 bridgehead atoms. The molecule has 0 saturated carbocycles. The fourth-order valence-electron chi connectivity index (χ4n) is 18.5. The van der Waals surface area contributed by atoms with Crippen LogP contribution in [0.2, 0.25) is 0 Å². The number of para-hydroxylation sites is 3. The summed E-state index contributed by atoms with van der Waals surface area (Å²) in [6, 6.07) is 116. The molecule has 0 aliphatic heterocycles. The van der Waals surface area contributed by atoms with E-state index in [9.17, 15) is 0 Å². The van der Waals surface area contributed by atoms with E-state index in [0.717, 1.165) is 66.7 Å². The minimum absolute atomic E-state index is 0.272. The second-order valence-corrected chi connectivity index (χ2v) is 27.6. The zero-order valence-electron chi connectivity index (χ0n) is 53.2. The largest absolute Gasteiger partial charge is 0.456 e. The molecule has 20 rings (SSSR count). The Bertz CT molecular complexity index is 5810. The van der Waals surface area contributed by atoms with Crippen LogP contribution in [0, 0.1) is 0 Å². The quantitative estimate of drug-likeness (QED) is 0.152. The van der Waals surface area contributed by atoms with Gasteiger partial charge in [-0.25, -0.2) is 0 Å². The number of benzene rings is 14. The molecule has 448 valence electrons. The molecule has 0 unspecified atom stereocenters. The Morgan fingerprint density at radius 1 is 0.274 bits per heavy atom. The van der Waals surface area contributed by atoms with E-state index in [2.05, 4.69) is 342 Å². The maximum Gasteiger partial charge on any atom is 0.144 e. The maximum absolute atomic E-state index is 7.21.